The molecular weight excluding hydrogens is 248 g/mol. The Morgan fingerprint density at radius 1 is 1.44 bits per heavy atom. The lowest BCUT2D eigenvalue weighted by atomic mass is 9.70. The van der Waals surface area contributed by atoms with Crippen LogP contribution in [0.5, 0.6) is 0 Å². The summed E-state index contributed by atoms with van der Waals surface area (Å²) in [6, 6.07) is 0.255. The third-order valence-corrected chi connectivity index (χ3v) is 6.80. The topological polar surface area (TPSA) is 52.6 Å². The van der Waals surface area contributed by atoms with E-state index in [0.717, 1.165) is 12.8 Å². The zero-order chi connectivity index (χ0) is 13.0. The second-order valence-electron chi connectivity index (χ2n) is 6.45. The molecule has 2 N–H and O–H groups in total. The molecule has 2 aliphatic heterocycles. The Labute approximate surface area is 112 Å². The quantitative estimate of drug-likeness (QED) is 0.753. The molecule has 3 fully saturated rings. The van der Waals surface area contributed by atoms with E-state index >= 15 is 0 Å². The van der Waals surface area contributed by atoms with E-state index in [4.69, 9.17) is 5.11 Å². The molecule has 4 atom stereocenters. The Hall–Kier alpha value is -0.260. The van der Waals surface area contributed by atoms with Gasteiger partial charge in [-0.2, -0.15) is 0 Å². The van der Waals surface area contributed by atoms with E-state index in [2.05, 4.69) is 24.2 Å². The minimum absolute atomic E-state index is 0.0197. The van der Waals surface area contributed by atoms with Gasteiger partial charge >= 0.3 is 5.97 Å². The highest BCUT2D eigenvalue weighted by Gasteiger charge is 2.54. The molecule has 3 rings (SSSR count). The number of thioether (sulfide) groups is 1. The molecule has 2 heterocycles. The van der Waals surface area contributed by atoms with Gasteiger partial charge in [0, 0.05) is 11.8 Å². The average molecular weight is 270 g/mol. The molecule has 0 aromatic heterocycles. The third kappa shape index (κ3) is 1.87. The molecule has 3 unspecified atom stereocenters. The number of likely N-dealkylation sites (tertiary alicyclic amines) is 1. The fraction of sp³-hybridized carbons (Fsp3) is 0.923. The van der Waals surface area contributed by atoms with E-state index < -0.39 is 5.97 Å². The smallest absolute Gasteiger partial charge is 0.321 e. The normalized spacial score (nSPS) is 48.6. The van der Waals surface area contributed by atoms with Gasteiger partial charge in [-0.1, -0.05) is 6.92 Å². The van der Waals surface area contributed by atoms with Gasteiger partial charge in [-0.25, -0.2) is 0 Å². The Balaban J connectivity index is 1.76. The van der Waals surface area contributed by atoms with E-state index in [1.165, 1.54) is 19.4 Å². The number of carboxylic acids is 1. The Kier molecular flexibility index (Phi) is 2.92. The van der Waals surface area contributed by atoms with Crippen molar-refractivity contribution in [3.05, 3.63) is 0 Å². The van der Waals surface area contributed by atoms with Crippen LogP contribution in [0.15, 0.2) is 0 Å². The maximum absolute atomic E-state index is 11.1. The van der Waals surface area contributed by atoms with Crippen LogP contribution in [0.2, 0.25) is 0 Å². The molecule has 1 saturated carbocycles. The summed E-state index contributed by atoms with van der Waals surface area (Å²) in [5.74, 6) is 0.00939. The number of carboxylic acid groups (broad SMARTS) is 1. The van der Waals surface area contributed by atoms with Crippen LogP contribution in [0, 0.1) is 5.41 Å². The maximum atomic E-state index is 11.1. The molecule has 1 spiro atoms. The number of fused-ring (bicyclic) bond motifs is 1. The third-order valence-electron chi connectivity index (χ3n) is 5.26. The van der Waals surface area contributed by atoms with Gasteiger partial charge in [-0.15, -0.1) is 11.8 Å². The summed E-state index contributed by atoms with van der Waals surface area (Å²) in [4.78, 5) is 13.6. The van der Waals surface area contributed by atoms with Crippen molar-refractivity contribution in [2.75, 3.05) is 19.3 Å². The van der Waals surface area contributed by atoms with Crippen LogP contribution in [0.3, 0.4) is 0 Å². The fourth-order valence-corrected chi connectivity index (χ4v) is 5.38. The van der Waals surface area contributed by atoms with Gasteiger partial charge in [0.1, 0.15) is 6.04 Å². The summed E-state index contributed by atoms with van der Waals surface area (Å²) in [6.45, 7) is 3.59. The summed E-state index contributed by atoms with van der Waals surface area (Å²) in [5.41, 5.74) is 0.448. The zero-order valence-corrected chi connectivity index (χ0v) is 11.9. The molecule has 0 aromatic rings. The Morgan fingerprint density at radius 2 is 2.22 bits per heavy atom. The number of hydrogen-bond donors (Lipinski definition) is 2. The minimum Gasteiger partial charge on any atom is -0.480 e. The highest BCUT2D eigenvalue weighted by molar-refractivity contribution is 8.01. The maximum Gasteiger partial charge on any atom is 0.321 e. The van der Waals surface area contributed by atoms with Crippen LogP contribution in [-0.2, 0) is 4.79 Å². The lowest BCUT2D eigenvalue weighted by Gasteiger charge is -2.47. The molecule has 3 aliphatic rings. The average Bonchev–Trinajstić information content (AvgIpc) is 2.86. The number of aliphatic carboxylic acids is 1. The van der Waals surface area contributed by atoms with E-state index in [-0.39, 0.29) is 10.9 Å². The zero-order valence-electron chi connectivity index (χ0n) is 11.1. The molecule has 18 heavy (non-hydrogen) atoms. The SMILES string of the molecule is CN1CC[C@]2(C)CCC3(CC12)NC(C(=O)O)CS3. The van der Waals surface area contributed by atoms with Crippen molar-refractivity contribution in [1.29, 1.82) is 0 Å². The van der Waals surface area contributed by atoms with Gasteiger partial charge in [0.2, 0.25) is 0 Å². The molecule has 0 radical (unpaired) electrons. The number of nitrogens with zero attached hydrogens (tertiary/aromatic N) is 1. The predicted octanol–water partition coefficient (Wildman–Crippen LogP) is 1.37. The summed E-state index contributed by atoms with van der Waals surface area (Å²) in [7, 11) is 2.21. The first-order valence-corrected chi connectivity index (χ1v) is 7.77. The van der Waals surface area contributed by atoms with Gasteiger partial charge < -0.3 is 10.0 Å². The van der Waals surface area contributed by atoms with Crippen LogP contribution in [0.25, 0.3) is 0 Å². The number of hydrogen-bond acceptors (Lipinski definition) is 4. The molecule has 2 saturated heterocycles. The summed E-state index contributed by atoms with van der Waals surface area (Å²) in [5, 5.41) is 12.5. The van der Waals surface area contributed by atoms with E-state index in [1.54, 1.807) is 0 Å². The molecule has 0 amide bonds. The van der Waals surface area contributed by atoms with Crippen molar-refractivity contribution in [3.8, 4) is 0 Å². The highest BCUT2D eigenvalue weighted by Crippen LogP contribution is 2.53. The van der Waals surface area contributed by atoms with Crippen molar-refractivity contribution >= 4 is 17.7 Å². The molecule has 1 aliphatic carbocycles. The second-order valence-corrected chi connectivity index (χ2v) is 7.85. The Morgan fingerprint density at radius 3 is 2.89 bits per heavy atom. The predicted molar refractivity (Wildman–Crippen MR) is 72.7 cm³/mol. The van der Waals surface area contributed by atoms with Gasteiger partial charge in [0.05, 0.1) is 4.87 Å². The van der Waals surface area contributed by atoms with Crippen LogP contribution < -0.4 is 5.32 Å². The van der Waals surface area contributed by atoms with Crippen LogP contribution in [0.4, 0.5) is 0 Å². The Bertz CT molecular complexity index is 378. The standard InChI is InChI=1S/C13H22N2O2S/c1-12-3-4-13(7-10(12)15(2)6-5-12)14-9(8-18-13)11(16)17/h9-10,14H,3-8H2,1-2H3,(H,16,17)/t9?,10?,12-,13?/m0/s1. The van der Waals surface area contributed by atoms with Gasteiger partial charge in [0.25, 0.3) is 0 Å². The lowest BCUT2D eigenvalue weighted by molar-refractivity contribution is -0.139. The van der Waals surface area contributed by atoms with Crippen LogP contribution in [-0.4, -0.2) is 52.3 Å². The molecule has 102 valence electrons. The van der Waals surface area contributed by atoms with E-state index in [1.807, 2.05) is 11.8 Å². The summed E-state index contributed by atoms with van der Waals surface area (Å²) >= 11 is 1.83. The van der Waals surface area contributed by atoms with Crippen molar-refractivity contribution in [3.63, 3.8) is 0 Å². The van der Waals surface area contributed by atoms with Crippen molar-refractivity contribution in [2.45, 2.75) is 49.6 Å². The van der Waals surface area contributed by atoms with Crippen molar-refractivity contribution < 1.29 is 9.90 Å². The molecule has 0 bridgehead atoms. The minimum atomic E-state index is -0.701. The first-order chi connectivity index (χ1) is 8.44. The monoisotopic (exact) mass is 270 g/mol. The van der Waals surface area contributed by atoms with Crippen LogP contribution in [0.1, 0.15) is 32.6 Å². The van der Waals surface area contributed by atoms with Gasteiger partial charge in [0.15, 0.2) is 0 Å². The number of rotatable bonds is 1. The number of carbonyl (C=O) groups is 1. The largest absolute Gasteiger partial charge is 0.480 e. The van der Waals surface area contributed by atoms with Gasteiger partial charge in [-0.3, -0.25) is 10.1 Å². The summed E-state index contributed by atoms with van der Waals surface area (Å²) in [6.07, 6.45) is 4.71. The molecule has 5 heteroatoms. The lowest BCUT2D eigenvalue weighted by Crippen LogP contribution is -2.54. The van der Waals surface area contributed by atoms with E-state index in [0.29, 0.717) is 17.2 Å². The fourth-order valence-electron chi connectivity index (χ4n) is 3.92. The van der Waals surface area contributed by atoms with Crippen molar-refractivity contribution in [1.82, 2.24) is 10.2 Å². The first kappa shape index (κ1) is 12.8. The summed E-state index contributed by atoms with van der Waals surface area (Å²) < 4.78 is 0. The second kappa shape index (κ2) is 4.12. The number of nitrogens with one attached hydrogen (secondary N) is 1. The van der Waals surface area contributed by atoms with Crippen LogP contribution >= 0.6 is 11.8 Å². The molecule has 0 aromatic carbocycles. The first-order valence-electron chi connectivity index (χ1n) is 6.79. The van der Waals surface area contributed by atoms with E-state index in [9.17, 15) is 4.79 Å². The highest BCUT2D eigenvalue weighted by atomic mass is 32.2. The van der Waals surface area contributed by atoms with Crippen molar-refractivity contribution in [2.24, 2.45) is 5.41 Å². The molecule has 4 nitrogen and oxygen atoms in total. The molecular formula is C13H22N2O2S. The van der Waals surface area contributed by atoms with Gasteiger partial charge in [-0.05, 0) is 44.7 Å².